The summed E-state index contributed by atoms with van der Waals surface area (Å²) in [6, 6.07) is 0. The molecule has 6 unspecified atom stereocenters. The van der Waals surface area contributed by atoms with Crippen molar-refractivity contribution in [1.29, 1.82) is 0 Å². The number of hydrogen-bond acceptors (Lipinski definition) is 28. The molecule has 6 rings (SSSR count). The van der Waals surface area contributed by atoms with Crippen LogP contribution in [0.3, 0.4) is 0 Å². The van der Waals surface area contributed by atoms with Crippen LogP contribution in [-0.2, 0) is 52.1 Å². The lowest BCUT2D eigenvalue weighted by Gasteiger charge is -2.51. The van der Waals surface area contributed by atoms with Crippen molar-refractivity contribution < 1.29 is 139 Å². The van der Waals surface area contributed by atoms with E-state index >= 15 is 0 Å². The van der Waals surface area contributed by atoms with Gasteiger partial charge in [0.25, 0.3) is 0 Å². The van der Waals surface area contributed by atoms with Gasteiger partial charge in [0, 0.05) is 0 Å². The highest BCUT2D eigenvalue weighted by Crippen LogP contribution is 2.37. The molecule has 28 heteroatoms. The van der Waals surface area contributed by atoms with Gasteiger partial charge in [-0.3, -0.25) is 0 Å². The first-order valence-corrected chi connectivity index (χ1v) is 20.3. The van der Waals surface area contributed by atoms with Gasteiger partial charge in [-0.1, -0.05) is 0 Å². The highest BCUT2D eigenvalue weighted by atomic mass is 16.8. The lowest BCUT2D eigenvalue weighted by molar-refractivity contribution is -0.408. The minimum atomic E-state index is -2.21. The molecular formula is C35H60O28. The van der Waals surface area contributed by atoms with Gasteiger partial charge in [0.15, 0.2) is 37.7 Å². The second-order valence-electron chi connectivity index (χ2n) is 16.3. The average Bonchev–Trinajstić information content (AvgIpc) is 3.26. The largest absolute Gasteiger partial charge is 0.394 e. The van der Waals surface area contributed by atoms with E-state index in [9.17, 15) is 86.8 Å². The summed E-state index contributed by atoms with van der Waals surface area (Å²) in [7, 11) is 0. The van der Waals surface area contributed by atoms with E-state index < -0.39 is 205 Å². The Kier molecular flexibility index (Phi) is 17.5. The zero-order chi connectivity index (χ0) is 46.3. The molecule has 6 saturated heterocycles. The van der Waals surface area contributed by atoms with E-state index in [2.05, 4.69) is 0 Å². The Morgan fingerprint density at radius 3 is 1.44 bits per heavy atom. The molecule has 29 atom stereocenters. The van der Waals surface area contributed by atoms with Crippen LogP contribution in [0.1, 0.15) is 13.8 Å². The van der Waals surface area contributed by atoms with Crippen molar-refractivity contribution in [3.63, 3.8) is 0 Å². The molecule has 368 valence electrons. The van der Waals surface area contributed by atoms with E-state index in [1.165, 1.54) is 13.8 Å². The molecule has 0 aromatic heterocycles. The smallest absolute Gasteiger partial charge is 0.187 e. The molecule has 0 amide bonds. The summed E-state index contributed by atoms with van der Waals surface area (Å²) >= 11 is 0. The maximum Gasteiger partial charge on any atom is 0.187 e. The average molecular weight is 929 g/mol. The van der Waals surface area contributed by atoms with E-state index in [4.69, 9.17) is 52.1 Å². The van der Waals surface area contributed by atoms with Gasteiger partial charge in [0.05, 0.1) is 38.6 Å². The maximum absolute atomic E-state index is 11.9. The fourth-order valence-electron chi connectivity index (χ4n) is 8.12. The zero-order valence-electron chi connectivity index (χ0n) is 33.7. The van der Waals surface area contributed by atoms with Crippen molar-refractivity contribution in [3.05, 3.63) is 0 Å². The molecule has 6 aliphatic rings. The van der Waals surface area contributed by atoms with Crippen LogP contribution >= 0.6 is 0 Å². The fraction of sp³-hybridized carbons (Fsp3) is 1.00. The fourth-order valence-corrected chi connectivity index (χ4v) is 8.12. The highest BCUT2D eigenvalue weighted by Gasteiger charge is 2.57. The van der Waals surface area contributed by atoms with Crippen molar-refractivity contribution in [2.45, 2.75) is 192 Å². The normalized spacial score (nSPS) is 54.8. The minimum Gasteiger partial charge on any atom is -0.394 e. The van der Waals surface area contributed by atoms with Crippen molar-refractivity contribution >= 4 is 0 Å². The van der Waals surface area contributed by atoms with Crippen LogP contribution in [0.15, 0.2) is 0 Å². The molecule has 6 fully saturated rings. The summed E-state index contributed by atoms with van der Waals surface area (Å²) in [5.74, 6) is 0. The first-order chi connectivity index (χ1) is 29.7. The lowest BCUT2D eigenvalue weighted by atomic mass is 9.95. The summed E-state index contributed by atoms with van der Waals surface area (Å²) in [5, 5.41) is 180. The van der Waals surface area contributed by atoms with Gasteiger partial charge < -0.3 is 139 Å². The summed E-state index contributed by atoms with van der Waals surface area (Å²) < 4.78 is 62.4. The third kappa shape index (κ3) is 10.5. The number of aliphatic hydroxyl groups is 17. The van der Waals surface area contributed by atoms with Crippen molar-refractivity contribution in [2.75, 3.05) is 26.4 Å². The van der Waals surface area contributed by atoms with Gasteiger partial charge >= 0.3 is 0 Å². The molecule has 6 aliphatic heterocycles. The van der Waals surface area contributed by atoms with E-state index in [-0.39, 0.29) is 0 Å². The van der Waals surface area contributed by atoms with Gasteiger partial charge in [-0.25, -0.2) is 0 Å². The van der Waals surface area contributed by atoms with E-state index in [1.807, 2.05) is 0 Å². The van der Waals surface area contributed by atoms with Crippen molar-refractivity contribution in [1.82, 2.24) is 0 Å². The molecule has 0 saturated carbocycles. The van der Waals surface area contributed by atoms with Gasteiger partial charge in [-0.2, -0.15) is 0 Å². The quantitative estimate of drug-likeness (QED) is 0.0815. The Bertz CT molecular complexity index is 1420. The van der Waals surface area contributed by atoms with E-state index in [0.29, 0.717) is 0 Å². The van der Waals surface area contributed by atoms with Crippen molar-refractivity contribution in [3.8, 4) is 0 Å². The van der Waals surface area contributed by atoms with Crippen LogP contribution in [0.5, 0.6) is 0 Å². The molecule has 0 aliphatic carbocycles. The Hall–Kier alpha value is -1.12. The topological polar surface area (TPSA) is 445 Å². The minimum absolute atomic E-state index is 0.605. The molecule has 28 nitrogen and oxygen atoms in total. The third-order valence-corrected chi connectivity index (χ3v) is 12.0. The van der Waals surface area contributed by atoms with Crippen molar-refractivity contribution in [2.24, 2.45) is 0 Å². The first-order valence-electron chi connectivity index (χ1n) is 20.3. The summed E-state index contributed by atoms with van der Waals surface area (Å²) in [5.41, 5.74) is 0. The van der Waals surface area contributed by atoms with Gasteiger partial charge in [-0.05, 0) is 13.8 Å². The van der Waals surface area contributed by atoms with E-state index in [0.717, 1.165) is 0 Å². The summed E-state index contributed by atoms with van der Waals surface area (Å²) in [4.78, 5) is 0. The standard InChI is InChI=1S/C35H60O28/c1-7-13(40)16(43)22(49)32(54-7)59-25-8(2)55-33(23(50)19(25)46)61-27-12(5-38)58-34(24(51)28(27)62-31-21(48)14(41)9(39)6-53-31)63-29-17(44)15(42)10(3-36)57-35(29)60-26-11(4-37)56-30(52)20(47)18(26)45/h7-52H,3-6H2,1-2H3/t7-,8-,9-,10-,11-,12-,13-,14+,15-,16+,17+,18-,19-,20-,21-,22+,23+,24-,25-,26+,27-,28-,29-,30?,31?,32?,33?,34?,35?/m1/s1. The van der Waals surface area contributed by atoms with Crippen LogP contribution < -0.4 is 0 Å². The number of hydrogen-bond donors (Lipinski definition) is 17. The van der Waals surface area contributed by atoms with Crippen LogP contribution in [-0.4, -0.2) is 291 Å². The molecular weight excluding hydrogens is 868 g/mol. The molecule has 0 radical (unpaired) electrons. The van der Waals surface area contributed by atoms with Crippen LogP contribution in [0, 0.1) is 0 Å². The zero-order valence-corrected chi connectivity index (χ0v) is 33.7. The maximum atomic E-state index is 11.9. The summed E-state index contributed by atoms with van der Waals surface area (Å²) in [6.07, 6.45) is -52.2. The first kappa shape index (κ1) is 51.3. The molecule has 0 aromatic carbocycles. The predicted molar refractivity (Wildman–Crippen MR) is 190 cm³/mol. The second kappa shape index (κ2) is 21.5. The third-order valence-electron chi connectivity index (χ3n) is 12.0. The SMILES string of the molecule is C[C@H]1OC(O[C@H]2[C@H](O)[C@H](O)C(O[C@H]3[C@H](OC4OC[C@@H](O)[C@H](O)[C@H]4O)[C@@H](O)C(O[C@H]4C(O[C@@H]5[C@H](O)[C@@H](O)C(O)O[C@@H]5CO)O[C@H](CO)[C@@H](O)[C@@H]4O)O[C@@H]3CO)O[C@@H]2C)[C@@H](O)[C@@H](O)[C@@H]1O. The lowest BCUT2D eigenvalue weighted by Crippen LogP contribution is -2.69. The van der Waals surface area contributed by atoms with Gasteiger partial charge in [0.1, 0.15) is 128 Å². The number of aliphatic hydroxyl groups excluding tert-OH is 17. The van der Waals surface area contributed by atoms with E-state index in [1.54, 1.807) is 0 Å². The molecule has 0 aromatic rings. The van der Waals surface area contributed by atoms with Gasteiger partial charge in [-0.15, -0.1) is 0 Å². The Balaban J connectivity index is 1.25. The highest BCUT2D eigenvalue weighted by molar-refractivity contribution is 4.99. The van der Waals surface area contributed by atoms with Crippen LogP contribution in [0.4, 0.5) is 0 Å². The van der Waals surface area contributed by atoms with Crippen LogP contribution in [0.2, 0.25) is 0 Å². The Morgan fingerprint density at radius 2 is 0.810 bits per heavy atom. The van der Waals surface area contributed by atoms with Gasteiger partial charge in [0.2, 0.25) is 0 Å². The monoisotopic (exact) mass is 928 g/mol. The summed E-state index contributed by atoms with van der Waals surface area (Å²) in [6.45, 7) is -0.737. The Labute approximate surface area is 357 Å². The molecule has 6 heterocycles. The predicted octanol–water partition coefficient (Wildman–Crippen LogP) is -11.4. The number of ether oxygens (including phenoxy) is 11. The molecule has 17 N–H and O–H groups in total. The van der Waals surface area contributed by atoms with Crippen LogP contribution in [0.25, 0.3) is 0 Å². The molecule has 63 heavy (non-hydrogen) atoms. The molecule has 0 spiro atoms. The Morgan fingerprint density at radius 1 is 0.349 bits per heavy atom. The molecule has 0 bridgehead atoms. The number of rotatable bonds is 13. The second-order valence-corrected chi connectivity index (χ2v) is 16.3.